The Balaban J connectivity index is 3.01. The minimum absolute atomic E-state index is 0.378. The Morgan fingerprint density at radius 1 is 1.17 bits per heavy atom. The molecule has 0 aliphatic heterocycles. The van der Waals surface area contributed by atoms with E-state index < -0.39 is 30.1 Å². The Morgan fingerprint density at radius 2 is 1.83 bits per heavy atom. The van der Waals surface area contributed by atoms with E-state index in [2.05, 4.69) is 0 Å². The second-order valence-corrected chi connectivity index (χ2v) is 5.21. The van der Waals surface area contributed by atoms with Crippen molar-refractivity contribution in [3.05, 3.63) is 30.3 Å². The largest absolute Gasteiger partial charge is 0.481 e. The smallest absolute Gasteiger partial charge is 0.304 e. The van der Waals surface area contributed by atoms with E-state index in [1.165, 1.54) is 10.4 Å². The number of carbonyl (C=O) groups is 3. The molecule has 1 atom stereocenters. The number of amides is 2. The fourth-order valence-electron chi connectivity index (χ4n) is 2.24. The van der Waals surface area contributed by atoms with Gasteiger partial charge in [-0.05, 0) is 18.6 Å². The Morgan fingerprint density at radius 3 is 2.35 bits per heavy atom. The maximum Gasteiger partial charge on any atom is 0.304 e. The van der Waals surface area contributed by atoms with Crippen molar-refractivity contribution in [2.75, 3.05) is 11.4 Å². The number of benzene rings is 1. The average molecular weight is 322 g/mol. The van der Waals surface area contributed by atoms with Crippen LogP contribution in [0, 0.1) is 5.92 Å². The minimum Gasteiger partial charge on any atom is -0.481 e. The summed E-state index contributed by atoms with van der Waals surface area (Å²) in [4.78, 5) is 36.6. The highest BCUT2D eigenvalue weighted by Crippen LogP contribution is 2.21. The monoisotopic (exact) mass is 322 g/mol. The zero-order chi connectivity index (χ0) is 17.2. The molecule has 0 fully saturated rings. The topological polar surface area (TPSA) is 107 Å². The van der Waals surface area contributed by atoms with Crippen LogP contribution in [0.4, 0.5) is 5.69 Å². The van der Waals surface area contributed by atoms with Gasteiger partial charge in [-0.3, -0.25) is 19.6 Å². The summed E-state index contributed by atoms with van der Waals surface area (Å²) in [5, 5.41) is 17.6. The number of nitrogens with zero attached hydrogens (tertiary/aromatic N) is 1. The summed E-state index contributed by atoms with van der Waals surface area (Å²) in [6.45, 7) is 2.43. The molecule has 7 nitrogen and oxygen atoms in total. The molecular weight excluding hydrogens is 300 g/mol. The normalized spacial score (nSPS) is 11.6. The summed E-state index contributed by atoms with van der Waals surface area (Å²) in [5.41, 5.74) is 2.10. The Labute approximate surface area is 134 Å². The number of para-hydroxylation sites is 1. The second-order valence-electron chi connectivity index (χ2n) is 5.21. The molecule has 0 radical (unpaired) electrons. The van der Waals surface area contributed by atoms with E-state index in [1.807, 2.05) is 13.0 Å². The number of anilines is 1. The van der Waals surface area contributed by atoms with E-state index in [-0.39, 0.29) is 6.42 Å². The number of nitrogens with one attached hydrogen (secondary N) is 1. The molecule has 0 bridgehead atoms. The van der Waals surface area contributed by atoms with Gasteiger partial charge in [0, 0.05) is 18.7 Å². The molecule has 1 aromatic carbocycles. The lowest BCUT2D eigenvalue weighted by atomic mass is 9.98. The van der Waals surface area contributed by atoms with Crippen LogP contribution >= 0.6 is 0 Å². The predicted molar refractivity (Wildman–Crippen MR) is 84.0 cm³/mol. The Bertz CT molecular complexity index is 533. The van der Waals surface area contributed by atoms with Crippen LogP contribution in [0.25, 0.3) is 0 Å². The van der Waals surface area contributed by atoms with E-state index in [4.69, 9.17) is 10.3 Å². The molecular formula is C16H22N2O5. The van der Waals surface area contributed by atoms with Crippen LogP contribution < -0.4 is 10.4 Å². The lowest BCUT2D eigenvalue weighted by Gasteiger charge is -2.26. The molecule has 126 valence electrons. The quantitative estimate of drug-likeness (QED) is 0.475. The number of hydroxylamine groups is 1. The summed E-state index contributed by atoms with van der Waals surface area (Å²) in [6, 6.07) is 8.91. The van der Waals surface area contributed by atoms with Gasteiger partial charge in [0.2, 0.25) is 11.8 Å². The number of carboxylic acids is 1. The molecule has 7 heteroatoms. The minimum atomic E-state index is -1.17. The molecule has 0 aromatic heterocycles. The summed E-state index contributed by atoms with van der Waals surface area (Å²) in [5.74, 6) is -3.42. The maximum absolute atomic E-state index is 12.7. The van der Waals surface area contributed by atoms with Crippen LogP contribution in [-0.4, -0.2) is 34.6 Å². The van der Waals surface area contributed by atoms with Crippen molar-refractivity contribution in [1.29, 1.82) is 0 Å². The third-order valence-corrected chi connectivity index (χ3v) is 3.40. The Kier molecular flexibility index (Phi) is 7.76. The number of rotatable bonds is 9. The lowest BCUT2D eigenvalue weighted by Crippen LogP contribution is -2.40. The van der Waals surface area contributed by atoms with Crippen LogP contribution in [0.1, 0.15) is 32.6 Å². The average Bonchev–Trinajstić information content (AvgIpc) is 2.54. The zero-order valence-corrected chi connectivity index (χ0v) is 13.1. The van der Waals surface area contributed by atoms with E-state index >= 15 is 0 Å². The van der Waals surface area contributed by atoms with Crippen molar-refractivity contribution >= 4 is 23.5 Å². The van der Waals surface area contributed by atoms with Gasteiger partial charge < -0.3 is 10.0 Å². The fourth-order valence-corrected chi connectivity index (χ4v) is 2.24. The van der Waals surface area contributed by atoms with Crippen LogP contribution in [0.15, 0.2) is 30.3 Å². The molecule has 0 saturated heterocycles. The third kappa shape index (κ3) is 6.07. The van der Waals surface area contributed by atoms with E-state index in [1.54, 1.807) is 24.3 Å². The van der Waals surface area contributed by atoms with Crippen molar-refractivity contribution in [3.8, 4) is 0 Å². The first-order chi connectivity index (χ1) is 11.0. The molecule has 2 amide bonds. The first kappa shape index (κ1) is 18.6. The molecule has 0 aliphatic carbocycles. The lowest BCUT2D eigenvalue weighted by molar-refractivity contribution is -0.142. The zero-order valence-electron chi connectivity index (χ0n) is 13.1. The van der Waals surface area contributed by atoms with Crippen molar-refractivity contribution in [2.45, 2.75) is 32.6 Å². The summed E-state index contributed by atoms with van der Waals surface area (Å²) in [6.07, 6.45) is 0.781. The number of carboxylic acid groups (broad SMARTS) is 1. The third-order valence-electron chi connectivity index (χ3n) is 3.40. The highest BCUT2D eigenvalue weighted by molar-refractivity contribution is 5.98. The number of carbonyl (C=O) groups excluding carboxylic acids is 2. The van der Waals surface area contributed by atoms with Gasteiger partial charge >= 0.3 is 5.97 Å². The molecule has 0 spiro atoms. The van der Waals surface area contributed by atoms with Crippen molar-refractivity contribution in [1.82, 2.24) is 5.48 Å². The number of aliphatic carboxylic acids is 1. The van der Waals surface area contributed by atoms with E-state index in [0.29, 0.717) is 12.2 Å². The van der Waals surface area contributed by atoms with E-state index in [0.717, 1.165) is 12.8 Å². The van der Waals surface area contributed by atoms with Gasteiger partial charge in [0.15, 0.2) is 0 Å². The SMILES string of the molecule is CCCCN(C(=O)C(CC(=O)O)CC(=O)NO)c1ccccc1. The first-order valence-electron chi connectivity index (χ1n) is 7.50. The number of hydrogen-bond donors (Lipinski definition) is 3. The molecule has 1 rings (SSSR count). The van der Waals surface area contributed by atoms with Crippen LogP contribution in [0.2, 0.25) is 0 Å². The first-order valence-corrected chi connectivity index (χ1v) is 7.50. The second kappa shape index (κ2) is 9.58. The van der Waals surface area contributed by atoms with Gasteiger partial charge in [-0.1, -0.05) is 31.5 Å². The molecule has 0 saturated carbocycles. The molecule has 1 unspecified atom stereocenters. The highest BCUT2D eigenvalue weighted by Gasteiger charge is 2.29. The van der Waals surface area contributed by atoms with Crippen molar-refractivity contribution in [3.63, 3.8) is 0 Å². The Hall–Kier alpha value is -2.41. The highest BCUT2D eigenvalue weighted by atomic mass is 16.5. The molecule has 0 aliphatic rings. The van der Waals surface area contributed by atoms with Crippen molar-refractivity contribution < 1.29 is 24.7 Å². The van der Waals surface area contributed by atoms with E-state index in [9.17, 15) is 14.4 Å². The molecule has 0 heterocycles. The van der Waals surface area contributed by atoms with Gasteiger partial charge in [0.05, 0.1) is 12.3 Å². The predicted octanol–water partition coefficient (Wildman–Crippen LogP) is 1.81. The molecule has 23 heavy (non-hydrogen) atoms. The van der Waals surface area contributed by atoms with Crippen LogP contribution in [-0.2, 0) is 14.4 Å². The van der Waals surface area contributed by atoms with Crippen LogP contribution in [0.3, 0.4) is 0 Å². The summed E-state index contributed by atoms with van der Waals surface area (Å²) < 4.78 is 0. The van der Waals surface area contributed by atoms with Crippen LogP contribution in [0.5, 0.6) is 0 Å². The molecule has 3 N–H and O–H groups in total. The van der Waals surface area contributed by atoms with Gasteiger partial charge in [-0.15, -0.1) is 0 Å². The summed E-state index contributed by atoms with van der Waals surface area (Å²) in [7, 11) is 0. The van der Waals surface area contributed by atoms with Crippen molar-refractivity contribution in [2.24, 2.45) is 5.92 Å². The summed E-state index contributed by atoms with van der Waals surface area (Å²) >= 11 is 0. The number of hydrogen-bond acceptors (Lipinski definition) is 4. The maximum atomic E-state index is 12.7. The van der Waals surface area contributed by atoms with Gasteiger partial charge in [0.1, 0.15) is 0 Å². The van der Waals surface area contributed by atoms with Gasteiger partial charge in [-0.25, -0.2) is 5.48 Å². The number of unbranched alkanes of at least 4 members (excludes halogenated alkanes) is 1. The molecule has 1 aromatic rings. The standard InChI is InChI=1S/C16H22N2O5/c1-2-3-9-18(13-7-5-4-6-8-13)16(22)12(11-15(20)21)10-14(19)17-23/h4-8,12,23H,2-3,9-11H2,1H3,(H,17,19)(H,20,21). The van der Waals surface area contributed by atoms with Gasteiger partial charge in [0.25, 0.3) is 0 Å². The fraction of sp³-hybridized carbons (Fsp3) is 0.438. The van der Waals surface area contributed by atoms with Gasteiger partial charge in [-0.2, -0.15) is 0 Å².